The zero-order chi connectivity index (χ0) is 15.3. The standard InChI is InChI=1S/C12H15F4NO3/c13-11(12(14,15)16)20-9-2-1-7(3-5-18)10(17)8(9)4-6-19/h1-2,11,18-19H,3-6,17H2. The number of benzene rings is 1. The Hall–Kier alpha value is -1.54. The second-order valence-electron chi connectivity index (χ2n) is 4.04. The Bertz CT molecular complexity index is 451. The van der Waals surface area contributed by atoms with Crippen LogP contribution >= 0.6 is 0 Å². The Morgan fingerprint density at radius 1 is 1.15 bits per heavy atom. The molecule has 20 heavy (non-hydrogen) atoms. The van der Waals surface area contributed by atoms with Crippen molar-refractivity contribution in [2.75, 3.05) is 18.9 Å². The number of halogens is 4. The highest BCUT2D eigenvalue weighted by Crippen LogP contribution is 2.33. The van der Waals surface area contributed by atoms with E-state index in [-0.39, 0.29) is 43.1 Å². The van der Waals surface area contributed by atoms with Gasteiger partial charge in [-0.15, -0.1) is 0 Å². The summed E-state index contributed by atoms with van der Waals surface area (Å²) >= 11 is 0. The minimum absolute atomic E-state index is 0.0784. The van der Waals surface area contributed by atoms with E-state index in [4.69, 9.17) is 15.9 Å². The lowest BCUT2D eigenvalue weighted by Crippen LogP contribution is -2.30. The molecule has 0 aromatic heterocycles. The van der Waals surface area contributed by atoms with Crippen LogP contribution in [0.2, 0.25) is 0 Å². The largest absolute Gasteiger partial charge is 0.457 e. The number of aliphatic hydroxyl groups is 2. The molecule has 1 rings (SSSR count). The van der Waals surface area contributed by atoms with Crippen LogP contribution in [0, 0.1) is 0 Å². The molecule has 0 amide bonds. The highest BCUT2D eigenvalue weighted by atomic mass is 19.4. The van der Waals surface area contributed by atoms with Crippen LogP contribution in [0.3, 0.4) is 0 Å². The molecule has 0 bridgehead atoms. The molecule has 0 aliphatic carbocycles. The summed E-state index contributed by atoms with van der Waals surface area (Å²) in [7, 11) is 0. The molecule has 4 nitrogen and oxygen atoms in total. The minimum atomic E-state index is -5.14. The maximum absolute atomic E-state index is 12.9. The average Bonchev–Trinajstić information content (AvgIpc) is 2.36. The lowest BCUT2D eigenvalue weighted by Gasteiger charge is -2.19. The van der Waals surface area contributed by atoms with E-state index in [1.54, 1.807) is 0 Å². The summed E-state index contributed by atoms with van der Waals surface area (Å²) in [5.41, 5.74) is 6.40. The quantitative estimate of drug-likeness (QED) is 0.550. The molecule has 0 radical (unpaired) electrons. The number of rotatable bonds is 6. The number of ether oxygens (including phenoxy) is 1. The van der Waals surface area contributed by atoms with Gasteiger partial charge in [-0.25, -0.2) is 0 Å². The van der Waals surface area contributed by atoms with E-state index in [2.05, 4.69) is 4.74 Å². The first-order chi connectivity index (χ1) is 9.31. The fourth-order valence-corrected chi connectivity index (χ4v) is 1.69. The van der Waals surface area contributed by atoms with Gasteiger partial charge in [0.05, 0.1) is 0 Å². The third-order valence-corrected chi connectivity index (χ3v) is 2.64. The predicted molar refractivity (Wildman–Crippen MR) is 64.0 cm³/mol. The van der Waals surface area contributed by atoms with Gasteiger partial charge in [0.2, 0.25) is 0 Å². The number of aliphatic hydroxyl groups excluding tert-OH is 2. The summed E-state index contributed by atoms with van der Waals surface area (Å²) in [6.45, 7) is -0.580. The molecule has 4 N–H and O–H groups in total. The van der Waals surface area contributed by atoms with Crippen LogP contribution in [0.25, 0.3) is 0 Å². The Labute approximate surface area is 112 Å². The lowest BCUT2D eigenvalue weighted by molar-refractivity contribution is -0.236. The van der Waals surface area contributed by atoms with Gasteiger partial charge in [-0.1, -0.05) is 6.07 Å². The molecule has 1 aromatic carbocycles. The summed E-state index contributed by atoms with van der Waals surface area (Å²) in [5, 5.41) is 17.7. The van der Waals surface area contributed by atoms with Crippen molar-refractivity contribution in [1.29, 1.82) is 0 Å². The number of nitrogens with two attached hydrogens (primary N) is 1. The summed E-state index contributed by atoms with van der Waals surface area (Å²) in [4.78, 5) is 0. The zero-order valence-electron chi connectivity index (χ0n) is 10.5. The van der Waals surface area contributed by atoms with Crippen LogP contribution < -0.4 is 10.5 Å². The van der Waals surface area contributed by atoms with Crippen molar-refractivity contribution in [3.63, 3.8) is 0 Å². The normalized spacial score (nSPS) is 13.3. The average molecular weight is 297 g/mol. The van der Waals surface area contributed by atoms with Crippen molar-refractivity contribution in [1.82, 2.24) is 0 Å². The van der Waals surface area contributed by atoms with E-state index in [9.17, 15) is 17.6 Å². The summed E-state index contributed by atoms with van der Waals surface area (Å²) < 4.78 is 53.6. The van der Waals surface area contributed by atoms with E-state index in [0.717, 1.165) is 6.07 Å². The summed E-state index contributed by atoms with van der Waals surface area (Å²) in [5.74, 6) is -0.372. The Balaban J connectivity index is 3.09. The zero-order valence-corrected chi connectivity index (χ0v) is 10.5. The van der Waals surface area contributed by atoms with Crippen molar-refractivity contribution in [2.24, 2.45) is 0 Å². The van der Waals surface area contributed by atoms with Crippen molar-refractivity contribution in [2.45, 2.75) is 25.4 Å². The topological polar surface area (TPSA) is 75.7 Å². The van der Waals surface area contributed by atoms with Crippen LogP contribution in [0.15, 0.2) is 12.1 Å². The van der Waals surface area contributed by atoms with Crippen molar-refractivity contribution in [3.8, 4) is 5.75 Å². The van der Waals surface area contributed by atoms with E-state index < -0.39 is 12.5 Å². The number of nitrogen functional groups attached to an aromatic ring is 1. The molecule has 0 spiro atoms. The van der Waals surface area contributed by atoms with Crippen LogP contribution in [-0.4, -0.2) is 36.0 Å². The van der Waals surface area contributed by atoms with Gasteiger partial charge in [0.15, 0.2) is 0 Å². The molecule has 0 aliphatic rings. The maximum Gasteiger partial charge on any atom is 0.457 e. The Kier molecular flexibility index (Phi) is 5.58. The summed E-state index contributed by atoms with van der Waals surface area (Å²) in [6.07, 6.45) is -8.49. The first-order valence-electron chi connectivity index (χ1n) is 5.80. The molecule has 0 saturated heterocycles. The molecule has 114 valence electrons. The molecule has 0 fully saturated rings. The fraction of sp³-hybridized carbons (Fsp3) is 0.500. The molecule has 0 heterocycles. The molecule has 0 saturated carbocycles. The van der Waals surface area contributed by atoms with Gasteiger partial charge in [0, 0.05) is 30.9 Å². The van der Waals surface area contributed by atoms with Crippen LogP contribution in [0.5, 0.6) is 5.75 Å². The Morgan fingerprint density at radius 2 is 1.75 bits per heavy atom. The lowest BCUT2D eigenvalue weighted by atomic mass is 10.0. The first kappa shape index (κ1) is 16.5. The molecule has 0 aliphatic heterocycles. The first-order valence-corrected chi connectivity index (χ1v) is 5.80. The smallest absolute Gasteiger partial charge is 0.452 e. The maximum atomic E-state index is 12.9. The van der Waals surface area contributed by atoms with Gasteiger partial charge in [0.25, 0.3) is 0 Å². The SMILES string of the molecule is Nc1c(CCO)ccc(OC(F)C(F)(F)F)c1CCO. The molecule has 1 aromatic rings. The van der Waals surface area contributed by atoms with Crippen LogP contribution in [-0.2, 0) is 12.8 Å². The Morgan fingerprint density at radius 3 is 2.25 bits per heavy atom. The molecule has 1 atom stereocenters. The van der Waals surface area contributed by atoms with Crippen LogP contribution in [0.4, 0.5) is 23.2 Å². The van der Waals surface area contributed by atoms with Gasteiger partial charge in [0.1, 0.15) is 5.75 Å². The van der Waals surface area contributed by atoms with Crippen molar-refractivity contribution >= 4 is 5.69 Å². The van der Waals surface area contributed by atoms with Gasteiger partial charge < -0.3 is 20.7 Å². The third kappa shape index (κ3) is 3.97. The van der Waals surface area contributed by atoms with E-state index >= 15 is 0 Å². The highest BCUT2D eigenvalue weighted by molar-refractivity contribution is 5.60. The van der Waals surface area contributed by atoms with Gasteiger partial charge >= 0.3 is 12.5 Å². The molecular weight excluding hydrogens is 282 g/mol. The van der Waals surface area contributed by atoms with Crippen molar-refractivity contribution < 1.29 is 32.5 Å². The predicted octanol–water partition coefficient (Wildman–Crippen LogP) is 1.58. The fourth-order valence-electron chi connectivity index (χ4n) is 1.69. The number of alkyl halides is 4. The second kappa shape index (κ2) is 6.76. The van der Waals surface area contributed by atoms with E-state index in [1.165, 1.54) is 6.07 Å². The highest BCUT2D eigenvalue weighted by Gasteiger charge is 2.42. The van der Waals surface area contributed by atoms with E-state index in [0.29, 0.717) is 5.56 Å². The minimum Gasteiger partial charge on any atom is -0.452 e. The molecule has 8 heteroatoms. The number of anilines is 1. The van der Waals surface area contributed by atoms with Gasteiger partial charge in [-0.05, 0) is 18.1 Å². The van der Waals surface area contributed by atoms with Crippen LogP contribution in [0.1, 0.15) is 11.1 Å². The van der Waals surface area contributed by atoms with Crippen molar-refractivity contribution in [3.05, 3.63) is 23.3 Å². The molecule has 1 unspecified atom stereocenters. The van der Waals surface area contributed by atoms with Gasteiger partial charge in [-0.3, -0.25) is 0 Å². The number of hydrogen-bond acceptors (Lipinski definition) is 4. The van der Waals surface area contributed by atoms with Gasteiger partial charge in [-0.2, -0.15) is 17.6 Å². The second-order valence-corrected chi connectivity index (χ2v) is 4.04. The third-order valence-electron chi connectivity index (χ3n) is 2.64. The molecular formula is C12H15F4NO3. The monoisotopic (exact) mass is 297 g/mol. The summed E-state index contributed by atoms with van der Waals surface area (Å²) in [6, 6.07) is 2.50. The van der Waals surface area contributed by atoms with E-state index in [1.807, 2.05) is 0 Å². The number of hydrogen-bond donors (Lipinski definition) is 3.